The lowest BCUT2D eigenvalue weighted by Crippen LogP contribution is -2.60. The monoisotopic (exact) mass is 970 g/mol. The van der Waals surface area contributed by atoms with Gasteiger partial charge in [0.15, 0.2) is 6.29 Å². The summed E-state index contributed by atoms with van der Waals surface area (Å²) >= 11 is 0. The molecule has 1 heterocycles. The molecular formula is C57H111NO10. The third kappa shape index (κ3) is 35.1. The molecule has 0 aromatic carbocycles. The van der Waals surface area contributed by atoms with Crippen molar-refractivity contribution in [3.05, 3.63) is 12.2 Å². The number of rotatable bonds is 50. The summed E-state index contributed by atoms with van der Waals surface area (Å²) in [5.41, 5.74) is 0. The van der Waals surface area contributed by atoms with Crippen molar-refractivity contribution in [2.24, 2.45) is 0 Å². The number of nitrogens with one attached hydrogen (secondary N) is 1. The number of carbonyl (C=O) groups is 1. The Labute approximate surface area is 417 Å². The van der Waals surface area contributed by atoms with E-state index in [0.717, 1.165) is 38.5 Å². The van der Waals surface area contributed by atoms with Gasteiger partial charge in [-0.1, -0.05) is 251 Å². The number of hydrogen-bond donors (Lipinski definition) is 8. The molecule has 0 aliphatic carbocycles. The molecule has 0 saturated carbocycles. The van der Waals surface area contributed by atoms with Gasteiger partial charge in [0.1, 0.15) is 36.6 Å². The van der Waals surface area contributed by atoms with Crippen LogP contribution in [0.25, 0.3) is 0 Å². The average molecular weight is 971 g/mol. The van der Waals surface area contributed by atoms with Crippen molar-refractivity contribution in [3.8, 4) is 0 Å². The highest BCUT2D eigenvalue weighted by molar-refractivity contribution is 5.80. The van der Waals surface area contributed by atoms with Gasteiger partial charge in [-0.3, -0.25) is 4.79 Å². The van der Waals surface area contributed by atoms with Crippen molar-refractivity contribution in [3.63, 3.8) is 0 Å². The van der Waals surface area contributed by atoms with Crippen LogP contribution in [0, 0.1) is 0 Å². The Kier molecular flexibility index (Phi) is 44.7. The summed E-state index contributed by atoms with van der Waals surface area (Å²) in [6, 6.07) is -1.17. The fraction of sp³-hybridized carbons (Fsp3) is 0.947. The van der Waals surface area contributed by atoms with E-state index in [-0.39, 0.29) is 6.42 Å². The molecule has 0 radical (unpaired) electrons. The Hall–Kier alpha value is -1.15. The SMILES string of the molecule is CCCCCCCCCCCCCC/C=C\CCCCCCCCCCCCCC(O)C(=O)NC(COC1OC(CO)C(O)C(O)C1O)C(O)C(O)CCCCCCCCCCCCCCCC. The van der Waals surface area contributed by atoms with Crippen molar-refractivity contribution in [2.45, 2.75) is 332 Å². The van der Waals surface area contributed by atoms with Crippen molar-refractivity contribution in [1.82, 2.24) is 5.32 Å². The molecule has 0 spiro atoms. The van der Waals surface area contributed by atoms with E-state index < -0.39 is 74.2 Å². The zero-order valence-corrected chi connectivity index (χ0v) is 44.1. The van der Waals surface area contributed by atoms with E-state index in [1.54, 1.807) is 0 Å². The van der Waals surface area contributed by atoms with Crippen LogP contribution in [0.5, 0.6) is 0 Å². The molecule has 0 aromatic heterocycles. The summed E-state index contributed by atoms with van der Waals surface area (Å²) in [5.74, 6) is -0.694. The van der Waals surface area contributed by atoms with Gasteiger partial charge in [-0.15, -0.1) is 0 Å². The van der Waals surface area contributed by atoms with Gasteiger partial charge in [-0.25, -0.2) is 0 Å². The number of aliphatic hydroxyl groups is 7. The van der Waals surface area contributed by atoms with Gasteiger partial charge >= 0.3 is 0 Å². The van der Waals surface area contributed by atoms with Crippen molar-refractivity contribution < 1.29 is 50.0 Å². The molecule has 0 aromatic rings. The zero-order chi connectivity index (χ0) is 49.7. The quantitative estimate of drug-likeness (QED) is 0.0215. The number of unbranched alkanes of at least 4 members (excludes halogenated alkanes) is 36. The fourth-order valence-electron chi connectivity index (χ4n) is 9.56. The third-order valence-corrected chi connectivity index (χ3v) is 14.3. The topological polar surface area (TPSA) is 189 Å². The largest absolute Gasteiger partial charge is 0.394 e. The number of aliphatic hydroxyl groups excluding tert-OH is 7. The van der Waals surface area contributed by atoms with Crippen LogP contribution in [0.1, 0.15) is 277 Å². The summed E-state index contributed by atoms with van der Waals surface area (Å²) in [4.78, 5) is 13.2. The minimum atomic E-state index is -1.66. The van der Waals surface area contributed by atoms with Gasteiger partial charge in [-0.2, -0.15) is 0 Å². The molecule has 0 bridgehead atoms. The van der Waals surface area contributed by atoms with Crippen molar-refractivity contribution >= 4 is 5.91 Å². The Morgan fingerprint density at radius 3 is 1.24 bits per heavy atom. The zero-order valence-electron chi connectivity index (χ0n) is 44.1. The number of ether oxygens (including phenoxy) is 2. The highest BCUT2D eigenvalue weighted by Crippen LogP contribution is 2.23. The summed E-state index contributed by atoms with van der Waals surface area (Å²) in [7, 11) is 0. The fourth-order valence-corrected chi connectivity index (χ4v) is 9.56. The van der Waals surface area contributed by atoms with Crippen molar-refractivity contribution in [2.75, 3.05) is 13.2 Å². The Morgan fingerprint density at radius 2 is 0.853 bits per heavy atom. The van der Waals surface area contributed by atoms with Crippen LogP contribution in [0.4, 0.5) is 0 Å². The minimum absolute atomic E-state index is 0.262. The first-order valence-electron chi connectivity index (χ1n) is 29.1. The predicted molar refractivity (Wildman–Crippen MR) is 279 cm³/mol. The normalized spacial score (nSPS) is 20.5. The molecule has 1 aliphatic heterocycles. The first-order valence-corrected chi connectivity index (χ1v) is 29.1. The second-order valence-corrected chi connectivity index (χ2v) is 20.7. The van der Waals surface area contributed by atoms with E-state index in [2.05, 4.69) is 31.3 Å². The van der Waals surface area contributed by atoms with Gasteiger partial charge in [0.05, 0.1) is 25.4 Å². The van der Waals surface area contributed by atoms with Crippen LogP contribution in [-0.4, -0.2) is 110 Å². The average Bonchev–Trinajstić information content (AvgIpc) is 3.34. The first kappa shape index (κ1) is 64.9. The Balaban J connectivity index is 2.26. The maximum Gasteiger partial charge on any atom is 0.249 e. The van der Waals surface area contributed by atoms with Crippen LogP contribution in [0.2, 0.25) is 0 Å². The third-order valence-electron chi connectivity index (χ3n) is 14.3. The standard InChI is InChI=1S/C57H111NO10/c1-3-5-7-9-11-13-15-17-19-20-21-22-23-24-25-26-27-28-29-30-31-33-35-37-39-41-43-45-50(61)56(66)58-48(47-67-57-55(65)54(64)53(63)51(46-59)68-57)52(62)49(60)44-42-40-38-36-34-32-18-16-14-12-10-8-6-4-2/h24-25,48-55,57,59-65H,3-23,26-47H2,1-2H3,(H,58,66)/b25-24-. The van der Waals surface area contributed by atoms with Crippen LogP contribution in [-0.2, 0) is 14.3 Å². The smallest absolute Gasteiger partial charge is 0.249 e. The van der Waals surface area contributed by atoms with E-state index in [0.29, 0.717) is 19.3 Å². The van der Waals surface area contributed by atoms with Crippen LogP contribution >= 0.6 is 0 Å². The van der Waals surface area contributed by atoms with Gasteiger partial charge in [0.25, 0.3) is 0 Å². The predicted octanol–water partition coefficient (Wildman–Crippen LogP) is 12.0. The van der Waals surface area contributed by atoms with Crippen LogP contribution in [0.3, 0.4) is 0 Å². The molecule has 11 nitrogen and oxygen atoms in total. The molecule has 1 amide bonds. The molecule has 404 valence electrons. The van der Waals surface area contributed by atoms with E-state index in [9.17, 15) is 40.5 Å². The van der Waals surface area contributed by atoms with Gasteiger partial charge in [0.2, 0.25) is 5.91 Å². The number of carbonyl (C=O) groups excluding carboxylic acids is 1. The summed E-state index contributed by atoms with van der Waals surface area (Å²) in [6.07, 6.45) is 42.7. The van der Waals surface area contributed by atoms with E-state index >= 15 is 0 Å². The molecule has 9 unspecified atom stereocenters. The molecular weight excluding hydrogens is 859 g/mol. The van der Waals surface area contributed by atoms with Crippen LogP contribution in [0.15, 0.2) is 12.2 Å². The number of allylic oxidation sites excluding steroid dienone is 2. The second kappa shape index (κ2) is 46.9. The molecule has 1 fully saturated rings. The van der Waals surface area contributed by atoms with Gasteiger partial charge < -0.3 is 50.5 Å². The molecule has 1 rings (SSSR count). The summed E-state index contributed by atoms with van der Waals surface area (Å²) in [6.45, 7) is 3.48. The molecule has 68 heavy (non-hydrogen) atoms. The molecule has 1 aliphatic rings. The van der Waals surface area contributed by atoms with Gasteiger partial charge in [0, 0.05) is 0 Å². The summed E-state index contributed by atoms with van der Waals surface area (Å²) < 4.78 is 11.1. The highest BCUT2D eigenvalue weighted by atomic mass is 16.7. The summed E-state index contributed by atoms with van der Waals surface area (Å²) in [5, 5.41) is 76.1. The van der Waals surface area contributed by atoms with E-state index in [1.807, 2.05) is 0 Å². The number of hydrogen-bond acceptors (Lipinski definition) is 10. The maximum atomic E-state index is 13.2. The van der Waals surface area contributed by atoms with E-state index in [1.165, 1.54) is 199 Å². The van der Waals surface area contributed by atoms with E-state index in [4.69, 9.17) is 9.47 Å². The highest BCUT2D eigenvalue weighted by Gasteiger charge is 2.44. The molecule has 8 N–H and O–H groups in total. The minimum Gasteiger partial charge on any atom is -0.394 e. The lowest BCUT2D eigenvalue weighted by atomic mass is 9.98. The Morgan fingerprint density at radius 1 is 0.500 bits per heavy atom. The molecule has 11 heteroatoms. The lowest BCUT2D eigenvalue weighted by Gasteiger charge is -2.40. The first-order chi connectivity index (χ1) is 33.2. The molecule has 9 atom stereocenters. The Bertz CT molecular complexity index is 1110. The maximum absolute atomic E-state index is 13.2. The second-order valence-electron chi connectivity index (χ2n) is 20.7. The lowest BCUT2D eigenvalue weighted by molar-refractivity contribution is -0.303. The van der Waals surface area contributed by atoms with Crippen LogP contribution < -0.4 is 5.32 Å². The number of amides is 1. The molecule has 1 saturated heterocycles. The van der Waals surface area contributed by atoms with Crippen molar-refractivity contribution in [1.29, 1.82) is 0 Å². The van der Waals surface area contributed by atoms with Gasteiger partial charge in [-0.05, 0) is 38.5 Å².